The molecule has 0 bridgehead atoms. The van der Waals surface area contributed by atoms with Crippen LogP contribution < -0.4 is 10.6 Å². The molecule has 2 aromatic carbocycles. The highest BCUT2D eigenvalue weighted by Gasteiger charge is 2.17. The topological polar surface area (TPSA) is 29.3 Å². The van der Waals surface area contributed by atoms with Gasteiger partial charge in [0.1, 0.15) is 0 Å². The quantitative estimate of drug-likeness (QED) is 0.915. The van der Waals surface area contributed by atoms with Crippen molar-refractivity contribution in [3.63, 3.8) is 0 Å². The van der Waals surface area contributed by atoms with Crippen LogP contribution in [0.25, 0.3) is 0 Å². The van der Waals surface area contributed by atoms with E-state index in [4.69, 9.17) is 5.73 Å². The summed E-state index contributed by atoms with van der Waals surface area (Å²) in [7, 11) is 2.12. The molecular weight excluding hydrogens is 244 g/mol. The number of anilines is 1. The van der Waals surface area contributed by atoms with Crippen molar-refractivity contribution in [3.8, 4) is 0 Å². The molecule has 0 saturated heterocycles. The molecule has 20 heavy (non-hydrogen) atoms. The van der Waals surface area contributed by atoms with Gasteiger partial charge in [-0.3, -0.25) is 0 Å². The van der Waals surface area contributed by atoms with Gasteiger partial charge in [0.05, 0.1) is 6.04 Å². The van der Waals surface area contributed by atoms with Crippen LogP contribution in [0.1, 0.15) is 28.3 Å². The predicted molar refractivity (Wildman–Crippen MR) is 87.3 cm³/mol. The number of benzene rings is 2. The lowest BCUT2D eigenvalue weighted by atomic mass is 10.0. The van der Waals surface area contributed by atoms with Gasteiger partial charge in [-0.25, -0.2) is 0 Å². The lowest BCUT2D eigenvalue weighted by Gasteiger charge is -2.31. The van der Waals surface area contributed by atoms with Crippen molar-refractivity contribution in [1.29, 1.82) is 0 Å². The third kappa shape index (κ3) is 3.02. The van der Waals surface area contributed by atoms with Crippen LogP contribution in [0.15, 0.2) is 42.5 Å². The maximum Gasteiger partial charge on any atom is 0.0661 e. The minimum atomic E-state index is 0.206. The third-order valence-corrected chi connectivity index (χ3v) is 3.89. The Morgan fingerprint density at radius 1 is 0.950 bits per heavy atom. The normalized spacial score (nSPS) is 12.2. The minimum absolute atomic E-state index is 0.206. The van der Waals surface area contributed by atoms with Crippen molar-refractivity contribution in [1.82, 2.24) is 0 Å². The minimum Gasteiger partial charge on any atom is -0.366 e. The highest BCUT2D eigenvalue weighted by molar-refractivity contribution is 5.55. The second-order valence-corrected chi connectivity index (χ2v) is 5.56. The molecule has 2 aromatic rings. The number of aryl methyl sites for hydroxylation is 3. The summed E-state index contributed by atoms with van der Waals surface area (Å²) >= 11 is 0. The van der Waals surface area contributed by atoms with E-state index in [2.05, 4.69) is 75.2 Å². The molecule has 0 aromatic heterocycles. The maximum absolute atomic E-state index is 6.02. The molecule has 1 atom stereocenters. The van der Waals surface area contributed by atoms with Crippen LogP contribution >= 0.6 is 0 Å². The fourth-order valence-electron chi connectivity index (χ4n) is 2.68. The van der Waals surface area contributed by atoms with Crippen molar-refractivity contribution < 1.29 is 0 Å². The smallest absolute Gasteiger partial charge is 0.0661 e. The van der Waals surface area contributed by atoms with E-state index >= 15 is 0 Å². The summed E-state index contributed by atoms with van der Waals surface area (Å²) in [6.07, 6.45) is 0. The van der Waals surface area contributed by atoms with E-state index < -0.39 is 0 Å². The van der Waals surface area contributed by atoms with Crippen molar-refractivity contribution >= 4 is 5.69 Å². The van der Waals surface area contributed by atoms with Gasteiger partial charge < -0.3 is 10.6 Å². The van der Waals surface area contributed by atoms with Gasteiger partial charge in [-0.15, -0.1) is 0 Å². The molecule has 0 saturated carbocycles. The summed E-state index contributed by atoms with van der Waals surface area (Å²) in [6.45, 7) is 6.99. The Labute approximate surface area is 122 Å². The zero-order valence-electron chi connectivity index (χ0n) is 12.9. The first-order valence-electron chi connectivity index (χ1n) is 7.09. The van der Waals surface area contributed by atoms with E-state index in [-0.39, 0.29) is 6.04 Å². The first kappa shape index (κ1) is 14.6. The van der Waals surface area contributed by atoms with E-state index in [9.17, 15) is 0 Å². The van der Waals surface area contributed by atoms with Gasteiger partial charge in [0.15, 0.2) is 0 Å². The second kappa shape index (κ2) is 6.10. The zero-order chi connectivity index (χ0) is 14.7. The number of hydrogen-bond donors (Lipinski definition) is 1. The molecule has 0 heterocycles. The Morgan fingerprint density at radius 3 is 2.10 bits per heavy atom. The van der Waals surface area contributed by atoms with Gasteiger partial charge >= 0.3 is 0 Å². The molecule has 0 aliphatic carbocycles. The molecule has 2 N–H and O–H groups in total. The van der Waals surface area contributed by atoms with Crippen LogP contribution in [0.2, 0.25) is 0 Å². The molecule has 2 nitrogen and oxygen atoms in total. The monoisotopic (exact) mass is 268 g/mol. The van der Waals surface area contributed by atoms with Crippen molar-refractivity contribution in [3.05, 3.63) is 64.7 Å². The number of nitrogens with zero attached hydrogens (tertiary/aromatic N) is 1. The molecule has 0 radical (unpaired) electrons. The highest BCUT2D eigenvalue weighted by Crippen LogP contribution is 2.28. The fourth-order valence-corrected chi connectivity index (χ4v) is 2.68. The average Bonchev–Trinajstić information content (AvgIpc) is 2.41. The molecule has 2 rings (SSSR count). The van der Waals surface area contributed by atoms with Crippen LogP contribution in [-0.4, -0.2) is 13.6 Å². The van der Waals surface area contributed by atoms with Gasteiger partial charge in [0, 0.05) is 19.3 Å². The van der Waals surface area contributed by atoms with E-state index in [0.717, 1.165) is 0 Å². The third-order valence-electron chi connectivity index (χ3n) is 3.89. The number of rotatable bonds is 4. The van der Waals surface area contributed by atoms with Crippen molar-refractivity contribution in [2.45, 2.75) is 26.8 Å². The molecule has 2 heteroatoms. The number of likely N-dealkylation sites (N-methyl/N-ethyl adjacent to an activating group) is 1. The standard InChI is InChI=1S/C18H24N2/c1-13-5-8-16(9-6-13)18(12-19)20(4)17-10-7-14(2)11-15(17)3/h5-11,18H,12,19H2,1-4H3. The maximum atomic E-state index is 6.02. The lowest BCUT2D eigenvalue weighted by Crippen LogP contribution is -2.30. The number of nitrogens with two attached hydrogens (primary N) is 1. The summed E-state index contributed by atoms with van der Waals surface area (Å²) in [6, 6.07) is 15.4. The fraction of sp³-hybridized carbons (Fsp3) is 0.333. The molecule has 0 aliphatic rings. The van der Waals surface area contributed by atoms with E-state index in [1.165, 1.54) is 27.9 Å². The average molecular weight is 268 g/mol. The van der Waals surface area contributed by atoms with Gasteiger partial charge in [-0.1, -0.05) is 47.5 Å². The Balaban J connectivity index is 2.33. The first-order chi connectivity index (χ1) is 9.52. The molecule has 106 valence electrons. The summed E-state index contributed by atoms with van der Waals surface area (Å²) in [5.74, 6) is 0. The first-order valence-corrected chi connectivity index (χ1v) is 7.09. The Hall–Kier alpha value is -1.80. The van der Waals surface area contributed by atoms with Crippen LogP contribution in [-0.2, 0) is 0 Å². The highest BCUT2D eigenvalue weighted by atomic mass is 15.1. The summed E-state index contributed by atoms with van der Waals surface area (Å²) in [4.78, 5) is 2.28. The van der Waals surface area contributed by atoms with E-state index in [1.54, 1.807) is 0 Å². The van der Waals surface area contributed by atoms with Crippen molar-refractivity contribution in [2.24, 2.45) is 5.73 Å². The Bertz CT molecular complexity index is 572. The van der Waals surface area contributed by atoms with E-state index in [1.807, 2.05) is 0 Å². The molecular formula is C18H24N2. The van der Waals surface area contributed by atoms with Crippen LogP contribution in [0, 0.1) is 20.8 Å². The van der Waals surface area contributed by atoms with Crippen LogP contribution in [0.5, 0.6) is 0 Å². The summed E-state index contributed by atoms with van der Waals surface area (Å²) in [5, 5.41) is 0. The molecule has 1 unspecified atom stereocenters. The van der Waals surface area contributed by atoms with Gasteiger partial charge in [-0.05, 0) is 38.0 Å². The SMILES string of the molecule is Cc1ccc(C(CN)N(C)c2ccc(C)cc2C)cc1. The number of hydrogen-bond acceptors (Lipinski definition) is 2. The largest absolute Gasteiger partial charge is 0.366 e. The van der Waals surface area contributed by atoms with Crippen molar-refractivity contribution in [2.75, 3.05) is 18.5 Å². The molecule has 0 amide bonds. The Morgan fingerprint density at radius 2 is 1.55 bits per heavy atom. The van der Waals surface area contributed by atoms with Crippen LogP contribution in [0.3, 0.4) is 0 Å². The molecule has 0 fully saturated rings. The van der Waals surface area contributed by atoms with Gasteiger partial charge in [0.2, 0.25) is 0 Å². The van der Waals surface area contributed by atoms with Gasteiger partial charge in [-0.2, -0.15) is 0 Å². The summed E-state index contributed by atoms with van der Waals surface area (Å²) < 4.78 is 0. The molecule has 0 spiro atoms. The lowest BCUT2D eigenvalue weighted by molar-refractivity contribution is 0.679. The van der Waals surface area contributed by atoms with Crippen LogP contribution in [0.4, 0.5) is 5.69 Å². The molecule has 0 aliphatic heterocycles. The van der Waals surface area contributed by atoms with E-state index in [0.29, 0.717) is 6.54 Å². The second-order valence-electron chi connectivity index (χ2n) is 5.56. The Kier molecular flexibility index (Phi) is 4.46. The van der Waals surface area contributed by atoms with Gasteiger partial charge in [0.25, 0.3) is 0 Å². The summed E-state index contributed by atoms with van der Waals surface area (Å²) in [5.41, 5.74) is 12.4. The predicted octanol–water partition coefficient (Wildman–Crippen LogP) is 3.75. The zero-order valence-corrected chi connectivity index (χ0v) is 12.9.